The first-order valence-electron chi connectivity index (χ1n) is 4.20. The highest BCUT2D eigenvalue weighted by Crippen LogP contribution is 2.07. The Hall–Kier alpha value is -1.42. The average molecular weight is 209 g/mol. The highest BCUT2D eigenvalue weighted by Gasteiger charge is 2.00. The maximum absolute atomic E-state index is 5.81. The lowest BCUT2D eigenvalue weighted by atomic mass is 10.4. The van der Waals surface area contributed by atoms with Crippen molar-refractivity contribution in [3.63, 3.8) is 0 Å². The van der Waals surface area contributed by atoms with Crippen LogP contribution in [0, 0.1) is 6.92 Å². The van der Waals surface area contributed by atoms with Gasteiger partial charge in [-0.3, -0.25) is 0 Å². The molecule has 0 aliphatic carbocycles. The molecule has 72 valence electrons. The van der Waals surface area contributed by atoms with Gasteiger partial charge in [0.15, 0.2) is 0 Å². The van der Waals surface area contributed by atoms with Crippen molar-refractivity contribution in [3.8, 4) is 0 Å². The van der Waals surface area contributed by atoms with Gasteiger partial charge in [0, 0.05) is 18.1 Å². The topological polar surface area (TPSA) is 43.6 Å². The van der Waals surface area contributed by atoms with E-state index in [0.29, 0.717) is 17.5 Å². The largest absolute Gasteiger partial charge is 0.330 e. The number of halogens is 1. The molecule has 0 N–H and O–H groups in total. The Bertz CT molecular complexity index is 404. The first kappa shape index (κ1) is 9.15. The fourth-order valence-corrected chi connectivity index (χ4v) is 1.46. The van der Waals surface area contributed by atoms with Gasteiger partial charge >= 0.3 is 0 Å². The summed E-state index contributed by atoms with van der Waals surface area (Å²) in [7, 11) is 0. The summed E-state index contributed by atoms with van der Waals surface area (Å²) in [4.78, 5) is 12.3. The van der Waals surface area contributed by atoms with Crippen LogP contribution in [0.2, 0.25) is 5.15 Å². The predicted octanol–water partition coefficient (Wildman–Crippen LogP) is 1.68. The summed E-state index contributed by atoms with van der Waals surface area (Å²) < 4.78 is 1.89. The fraction of sp³-hybridized carbons (Fsp3) is 0.222. The van der Waals surface area contributed by atoms with E-state index in [1.54, 1.807) is 18.6 Å². The first-order chi connectivity index (χ1) is 6.74. The van der Waals surface area contributed by atoms with Crippen LogP contribution in [0.1, 0.15) is 11.5 Å². The molecule has 0 saturated carbocycles. The van der Waals surface area contributed by atoms with Crippen molar-refractivity contribution in [2.75, 3.05) is 0 Å². The molecule has 0 radical (unpaired) electrons. The Morgan fingerprint density at radius 2 is 2.29 bits per heavy atom. The summed E-state index contributed by atoms with van der Waals surface area (Å²) in [6.07, 6.45) is 5.30. The van der Waals surface area contributed by atoms with Crippen LogP contribution in [-0.2, 0) is 6.54 Å². The van der Waals surface area contributed by atoms with Crippen molar-refractivity contribution in [2.24, 2.45) is 0 Å². The summed E-state index contributed by atoms with van der Waals surface area (Å²) in [6, 6.07) is 1.74. The number of aryl methyl sites for hydroxylation is 1. The molecule has 0 unspecified atom stereocenters. The molecule has 2 rings (SSSR count). The first-order valence-corrected chi connectivity index (χ1v) is 4.57. The van der Waals surface area contributed by atoms with Crippen molar-refractivity contribution < 1.29 is 0 Å². The molecule has 2 aromatic heterocycles. The van der Waals surface area contributed by atoms with E-state index < -0.39 is 0 Å². The molecule has 0 aliphatic heterocycles. The number of aromatic nitrogens is 4. The van der Waals surface area contributed by atoms with E-state index in [-0.39, 0.29) is 0 Å². The quantitative estimate of drug-likeness (QED) is 0.706. The predicted molar refractivity (Wildman–Crippen MR) is 53.1 cm³/mol. The molecule has 0 aliphatic rings. The van der Waals surface area contributed by atoms with Crippen LogP contribution >= 0.6 is 11.6 Å². The van der Waals surface area contributed by atoms with Gasteiger partial charge in [-0.15, -0.1) is 0 Å². The zero-order valence-corrected chi connectivity index (χ0v) is 8.44. The lowest BCUT2D eigenvalue weighted by molar-refractivity contribution is 0.738. The van der Waals surface area contributed by atoms with Gasteiger partial charge in [-0.2, -0.15) is 0 Å². The Kier molecular flexibility index (Phi) is 2.45. The van der Waals surface area contributed by atoms with Crippen molar-refractivity contribution >= 4 is 11.6 Å². The molecule has 2 aromatic rings. The molecule has 0 amide bonds. The van der Waals surface area contributed by atoms with E-state index in [1.165, 1.54) is 0 Å². The van der Waals surface area contributed by atoms with E-state index >= 15 is 0 Å². The number of hydrogen-bond donors (Lipinski definition) is 0. The lowest BCUT2D eigenvalue weighted by Crippen LogP contribution is -2.03. The average Bonchev–Trinajstić information content (AvgIpc) is 2.54. The minimum atomic E-state index is 0.479. The maximum atomic E-state index is 5.81. The zero-order chi connectivity index (χ0) is 9.97. The third-order valence-electron chi connectivity index (χ3n) is 1.75. The molecule has 0 fully saturated rings. The van der Waals surface area contributed by atoms with Crippen molar-refractivity contribution in [2.45, 2.75) is 13.5 Å². The normalized spacial score (nSPS) is 10.4. The van der Waals surface area contributed by atoms with Crippen molar-refractivity contribution in [1.29, 1.82) is 0 Å². The number of rotatable bonds is 2. The summed E-state index contributed by atoms with van der Waals surface area (Å²) >= 11 is 5.81. The Balaban J connectivity index is 2.25. The van der Waals surface area contributed by atoms with Crippen LogP contribution in [0.5, 0.6) is 0 Å². The van der Waals surface area contributed by atoms with Crippen LogP contribution < -0.4 is 0 Å². The van der Waals surface area contributed by atoms with Gasteiger partial charge in [-0.1, -0.05) is 11.6 Å². The maximum Gasteiger partial charge on any atom is 0.150 e. The minimum Gasteiger partial charge on any atom is -0.330 e. The number of imidazole rings is 1. The van der Waals surface area contributed by atoms with Crippen molar-refractivity contribution in [1.82, 2.24) is 19.5 Å². The van der Waals surface area contributed by atoms with Crippen molar-refractivity contribution in [3.05, 3.63) is 41.5 Å². The third kappa shape index (κ3) is 2.09. The molecule has 14 heavy (non-hydrogen) atoms. The second-order valence-electron chi connectivity index (χ2n) is 2.98. The molecule has 0 spiro atoms. The van der Waals surface area contributed by atoms with Crippen LogP contribution in [0.25, 0.3) is 0 Å². The molecular weight excluding hydrogens is 200 g/mol. The van der Waals surface area contributed by atoms with Crippen LogP contribution in [0.3, 0.4) is 0 Å². The van der Waals surface area contributed by atoms with Gasteiger partial charge in [0.25, 0.3) is 0 Å². The Morgan fingerprint density at radius 1 is 1.43 bits per heavy atom. The molecule has 0 bridgehead atoms. The van der Waals surface area contributed by atoms with E-state index in [9.17, 15) is 0 Å². The van der Waals surface area contributed by atoms with E-state index in [0.717, 1.165) is 5.69 Å². The van der Waals surface area contributed by atoms with E-state index in [1.807, 2.05) is 17.7 Å². The van der Waals surface area contributed by atoms with Gasteiger partial charge in [-0.05, 0) is 13.0 Å². The summed E-state index contributed by atoms with van der Waals surface area (Å²) in [5.41, 5.74) is 0.875. The molecule has 0 atom stereocenters. The Morgan fingerprint density at radius 3 is 2.93 bits per heavy atom. The van der Waals surface area contributed by atoms with Gasteiger partial charge in [0.2, 0.25) is 0 Å². The number of nitrogens with zero attached hydrogens (tertiary/aromatic N) is 4. The smallest absolute Gasteiger partial charge is 0.150 e. The van der Waals surface area contributed by atoms with Gasteiger partial charge in [-0.25, -0.2) is 15.0 Å². The third-order valence-corrected chi connectivity index (χ3v) is 1.95. The summed E-state index contributed by atoms with van der Waals surface area (Å²) in [6.45, 7) is 2.49. The molecular formula is C9H9ClN4. The molecule has 2 heterocycles. The number of hydrogen-bond acceptors (Lipinski definition) is 3. The second-order valence-corrected chi connectivity index (χ2v) is 3.37. The fourth-order valence-electron chi connectivity index (χ4n) is 1.20. The second kappa shape index (κ2) is 3.75. The zero-order valence-electron chi connectivity index (χ0n) is 7.68. The molecule has 4 nitrogen and oxygen atoms in total. The standard InChI is InChI=1S/C9H9ClN4/c1-7-4-8(10)13-9(12-7)5-14-3-2-11-6-14/h2-4,6H,5H2,1H3. The van der Waals surface area contributed by atoms with E-state index in [2.05, 4.69) is 15.0 Å². The monoisotopic (exact) mass is 208 g/mol. The SMILES string of the molecule is Cc1cc(Cl)nc(Cn2ccnc2)n1. The van der Waals surface area contributed by atoms with Gasteiger partial charge < -0.3 is 4.57 Å². The summed E-state index contributed by atoms with van der Waals surface area (Å²) in [5.74, 6) is 0.702. The highest BCUT2D eigenvalue weighted by molar-refractivity contribution is 6.29. The molecule has 5 heteroatoms. The van der Waals surface area contributed by atoms with Crippen LogP contribution in [0.15, 0.2) is 24.8 Å². The summed E-state index contributed by atoms with van der Waals surface area (Å²) in [5, 5.41) is 0.479. The van der Waals surface area contributed by atoms with Gasteiger partial charge in [0.1, 0.15) is 11.0 Å². The highest BCUT2D eigenvalue weighted by atomic mass is 35.5. The minimum absolute atomic E-state index is 0.479. The lowest BCUT2D eigenvalue weighted by Gasteiger charge is -2.02. The van der Waals surface area contributed by atoms with Gasteiger partial charge in [0.05, 0.1) is 12.9 Å². The van der Waals surface area contributed by atoms with Crippen LogP contribution in [0.4, 0.5) is 0 Å². The Labute approximate surface area is 86.6 Å². The molecule has 0 saturated heterocycles. The molecule has 0 aromatic carbocycles. The van der Waals surface area contributed by atoms with Crippen LogP contribution in [-0.4, -0.2) is 19.5 Å². The van der Waals surface area contributed by atoms with E-state index in [4.69, 9.17) is 11.6 Å².